The van der Waals surface area contributed by atoms with Gasteiger partial charge in [-0.2, -0.15) is 0 Å². The molecule has 1 atom stereocenters. The number of halogens is 1. The summed E-state index contributed by atoms with van der Waals surface area (Å²) in [5.74, 6) is 0.508. The zero-order valence-corrected chi connectivity index (χ0v) is 19.1. The van der Waals surface area contributed by atoms with Crippen molar-refractivity contribution in [1.29, 1.82) is 0 Å². The maximum absolute atomic E-state index is 15.0. The quantitative estimate of drug-likeness (QED) is 0.701. The van der Waals surface area contributed by atoms with Gasteiger partial charge in [-0.1, -0.05) is 24.3 Å². The van der Waals surface area contributed by atoms with Crippen LogP contribution in [-0.4, -0.2) is 46.4 Å². The first kappa shape index (κ1) is 21.4. The maximum Gasteiger partial charge on any atom is 0.214 e. The van der Waals surface area contributed by atoms with E-state index in [2.05, 4.69) is 73.2 Å². The fraction of sp³-hybridized carbons (Fsp3) is 0.458. The van der Waals surface area contributed by atoms with Crippen LogP contribution in [0.25, 0.3) is 0 Å². The summed E-state index contributed by atoms with van der Waals surface area (Å²) in [6, 6.07) is 13.2. The minimum atomic E-state index is -0.289. The van der Waals surface area contributed by atoms with Crippen LogP contribution in [0.2, 0.25) is 0 Å². The van der Waals surface area contributed by atoms with E-state index < -0.39 is 0 Å². The van der Waals surface area contributed by atoms with Gasteiger partial charge in [0.1, 0.15) is 5.82 Å². The third-order valence-corrected chi connectivity index (χ3v) is 6.33. The summed E-state index contributed by atoms with van der Waals surface area (Å²) in [6.07, 6.45) is 0. The molecule has 164 valence electrons. The number of quaternary nitrogens is 1. The molecule has 4 rings (SSSR count). The lowest BCUT2D eigenvalue weighted by atomic mass is 10.0. The van der Waals surface area contributed by atoms with E-state index >= 15 is 0 Å². The number of hydrogen-bond acceptors (Lipinski definition) is 4. The van der Waals surface area contributed by atoms with Gasteiger partial charge in [0.05, 0.1) is 37.3 Å². The average molecular weight is 424 g/mol. The first-order valence-corrected chi connectivity index (χ1v) is 11.0. The van der Waals surface area contributed by atoms with Crippen LogP contribution in [0.3, 0.4) is 0 Å². The summed E-state index contributed by atoms with van der Waals surface area (Å²) in [4.78, 5) is 3.73. The van der Waals surface area contributed by atoms with Crippen LogP contribution in [0.5, 0.6) is 0 Å². The summed E-state index contributed by atoms with van der Waals surface area (Å²) in [5.41, 5.74) is 4.29. The van der Waals surface area contributed by atoms with E-state index in [-0.39, 0.29) is 17.4 Å². The lowest BCUT2D eigenvalue weighted by Gasteiger charge is -2.38. The molecular formula is C24H32FN6+. The average Bonchev–Trinajstić information content (AvgIpc) is 3.22. The summed E-state index contributed by atoms with van der Waals surface area (Å²) >= 11 is 0. The molecule has 0 aliphatic carbocycles. The van der Waals surface area contributed by atoms with Crippen LogP contribution in [0, 0.1) is 19.7 Å². The van der Waals surface area contributed by atoms with Crippen LogP contribution < -0.4 is 9.80 Å². The highest BCUT2D eigenvalue weighted by molar-refractivity contribution is 5.56. The van der Waals surface area contributed by atoms with Gasteiger partial charge in [-0.05, 0) is 74.4 Å². The van der Waals surface area contributed by atoms with E-state index in [1.165, 1.54) is 27.8 Å². The zero-order chi connectivity index (χ0) is 22.2. The van der Waals surface area contributed by atoms with Gasteiger partial charge in [0, 0.05) is 5.69 Å². The van der Waals surface area contributed by atoms with Crippen molar-refractivity contribution in [3.05, 3.63) is 70.8 Å². The van der Waals surface area contributed by atoms with Crippen LogP contribution in [-0.2, 0) is 5.54 Å². The molecule has 0 radical (unpaired) electrons. The van der Waals surface area contributed by atoms with Gasteiger partial charge < -0.3 is 9.80 Å². The lowest BCUT2D eigenvalue weighted by molar-refractivity contribution is -0.927. The summed E-state index contributed by atoms with van der Waals surface area (Å²) in [6.45, 7) is 14.1. The molecule has 6 nitrogen and oxygen atoms in total. The topological polar surface area (TPSA) is 51.3 Å². The summed E-state index contributed by atoms with van der Waals surface area (Å²) in [7, 11) is 0. The molecule has 0 unspecified atom stereocenters. The van der Waals surface area contributed by atoms with Crippen molar-refractivity contribution in [2.45, 2.75) is 46.2 Å². The molecule has 0 amide bonds. The van der Waals surface area contributed by atoms with Crippen LogP contribution in [0.4, 0.5) is 10.1 Å². The predicted molar refractivity (Wildman–Crippen MR) is 120 cm³/mol. The van der Waals surface area contributed by atoms with Gasteiger partial charge in [0.2, 0.25) is 5.82 Å². The Bertz CT molecular complexity index is 1050. The standard InChI is InChI=1S/C24H31FN6/c1-17-9-8-12-21(18(17)2)29-13-15-30(16-14-29)22(19-10-6-7-11-20(19)25)23-26-27-28-31(23)24(3,4)5/h6-12,22H,13-16H2,1-5H3/p+1/t22-/m0/s1. The van der Waals surface area contributed by atoms with Gasteiger partial charge >= 0.3 is 0 Å². The van der Waals surface area contributed by atoms with Crippen LogP contribution in [0.15, 0.2) is 42.5 Å². The van der Waals surface area contributed by atoms with E-state index in [0.29, 0.717) is 11.4 Å². The van der Waals surface area contributed by atoms with Crippen LogP contribution in [0.1, 0.15) is 49.3 Å². The molecule has 31 heavy (non-hydrogen) atoms. The third-order valence-electron chi connectivity index (χ3n) is 6.33. The Morgan fingerprint density at radius 2 is 1.71 bits per heavy atom. The molecule has 1 N–H and O–H groups in total. The van der Waals surface area contributed by atoms with Crippen molar-refractivity contribution in [3.63, 3.8) is 0 Å². The highest BCUT2D eigenvalue weighted by Crippen LogP contribution is 2.26. The summed E-state index contributed by atoms with van der Waals surface area (Å²) in [5, 5.41) is 12.6. The van der Waals surface area contributed by atoms with Crippen LogP contribution >= 0.6 is 0 Å². The highest BCUT2D eigenvalue weighted by atomic mass is 19.1. The van der Waals surface area contributed by atoms with Crippen molar-refractivity contribution in [3.8, 4) is 0 Å². The molecule has 2 aromatic carbocycles. The van der Waals surface area contributed by atoms with Gasteiger partial charge in [-0.3, -0.25) is 0 Å². The van der Waals surface area contributed by atoms with E-state index in [1.54, 1.807) is 6.07 Å². The SMILES string of the molecule is Cc1cccc(N2CC[NH+]([C@@H](c3ccccc3F)c3nnnn3C(C)(C)C)CC2)c1C. The number of benzene rings is 2. The fourth-order valence-electron chi connectivity index (χ4n) is 4.50. The van der Waals surface area contributed by atoms with Crippen molar-refractivity contribution in [2.75, 3.05) is 31.1 Å². The number of nitrogens with zero attached hydrogens (tertiary/aromatic N) is 5. The molecule has 0 saturated carbocycles. The van der Waals surface area contributed by atoms with E-state index in [4.69, 9.17) is 0 Å². The molecule has 1 fully saturated rings. The number of anilines is 1. The van der Waals surface area contributed by atoms with Gasteiger partial charge in [-0.25, -0.2) is 9.07 Å². The second-order valence-corrected chi connectivity index (χ2v) is 9.44. The number of rotatable bonds is 4. The predicted octanol–water partition coefficient (Wildman–Crippen LogP) is 2.68. The van der Waals surface area contributed by atoms with E-state index in [1.807, 2.05) is 16.8 Å². The maximum atomic E-state index is 15.0. The Morgan fingerprint density at radius 3 is 2.39 bits per heavy atom. The Hall–Kier alpha value is -2.80. The molecule has 7 heteroatoms. The number of hydrogen-bond donors (Lipinski definition) is 1. The second kappa shape index (κ2) is 8.38. The largest absolute Gasteiger partial charge is 0.360 e. The van der Waals surface area contributed by atoms with Crippen molar-refractivity contribution >= 4 is 5.69 Å². The molecule has 2 heterocycles. The molecular weight excluding hydrogens is 391 g/mol. The third kappa shape index (κ3) is 4.19. The van der Waals surface area contributed by atoms with E-state index in [0.717, 1.165) is 26.2 Å². The van der Waals surface area contributed by atoms with Gasteiger partial charge in [-0.15, -0.1) is 5.10 Å². The number of piperazine rings is 1. The minimum absolute atomic E-state index is 0.208. The molecule has 1 aromatic heterocycles. The summed E-state index contributed by atoms with van der Waals surface area (Å²) < 4.78 is 16.8. The zero-order valence-electron chi connectivity index (χ0n) is 19.1. The molecule has 3 aromatic rings. The molecule has 1 aliphatic heterocycles. The Morgan fingerprint density at radius 1 is 1.00 bits per heavy atom. The highest BCUT2D eigenvalue weighted by Gasteiger charge is 2.37. The van der Waals surface area contributed by atoms with Crippen molar-refractivity contribution in [2.24, 2.45) is 0 Å². The van der Waals surface area contributed by atoms with Gasteiger partial charge in [0.25, 0.3) is 0 Å². The Kier molecular flexibility index (Phi) is 5.79. The van der Waals surface area contributed by atoms with Gasteiger partial charge in [0.15, 0.2) is 6.04 Å². The molecule has 1 aliphatic rings. The first-order valence-electron chi connectivity index (χ1n) is 11.0. The normalized spacial score (nSPS) is 16.5. The monoisotopic (exact) mass is 423 g/mol. The molecule has 1 saturated heterocycles. The van der Waals surface area contributed by atoms with Crippen molar-refractivity contribution < 1.29 is 9.29 Å². The van der Waals surface area contributed by atoms with Crippen molar-refractivity contribution in [1.82, 2.24) is 20.2 Å². The number of tetrazole rings is 1. The fourth-order valence-corrected chi connectivity index (χ4v) is 4.50. The lowest BCUT2D eigenvalue weighted by Crippen LogP contribution is -3.15. The number of aryl methyl sites for hydroxylation is 1. The van der Waals surface area contributed by atoms with E-state index in [9.17, 15) is 4.39 Å². The molecule has 0 spiro atoms. The first-order chi connectivity index (χ1) is 14.8. The second-order valence-electron chi connectivity index (χ2n) is 9.44. The minimum Gasteiger partial charge on any atom is -0.360 e. The molecule has 0 bridgehead atoms. The smallest absolute Gasteiger partial charge is 0.214 e. The number of nitrogens with one attached hydrogen (secondary N) is 1. The Labute approximate surface area is 183 Å². The Balaban J connectivity index is 1.66. The number of aromatic nitrogens is 4.